The highest BCUT2D eigenvalue weighted by Gasteiger charge is 2.48. The van der Waals surface area contributed by atoms with Crippen LogP contribution in [0.4, 0.5) is 0 Å². The highest BCUT2D eigenvalue weighted by molar-refractivity contribution is 4.91. The number of rotatable bonds is 4. The van der Waals surface area contributed by atoms with Gasteiger partial charge in [-0.3, -0.25) is 0 Å². The molecule has 0 radical (unpaired) electrons. The third kappa shape index (κ3) is 3.57. The van der Waals surface area contributed by atoms with Crippen LogP contribution in [0.1, 0.15) is 6.42 Å². The van der Waals surface area contributed by atoms with Crippen molar-refractivity contribution in [3.8, 4) is 0 Å². The summed E-state index contributed by atoms with van der Waals surface area (Å²) in [6.45, 7) is -1.03. The molecule has 0 bridgehead atoms. The summed E-state index contributed by atoms with van der Waals surface area (Å²) in [5, 5.41) is 66.8. The lowest BCUT2D eigenvalue weighted by molar-refractivity contribution is -0.344. The smallest absolute Gasteiger partial charge is 0.186 e. The Morgan fingerprint density at radius 2 is 1.55 bits per heavy atom. The highest BCUT2D eigenvalue weighted by atomic mass is 16.7. The van der Waals surface area contributed by atoms with Crippen molar-refractivity contribution in [1.29, 1.82) is 0 Å². The third-order valence-electron chi connectivity index (χ3n) is 3.84. The number of hydrogen-bond donors (Lipinski definition) is 7. The lowest BCUT2D eigenvalue weighted by atomic mass is 9.98. The summed E-state index contributed by atoms with van der Waals surface area (Å²) in [6, 6.07) is 0. The molecule has 0 aromatic heterocycles. The zero-order chi connectivity index (χ0) is 16.4. The van der Waals surface area contributed by atoms with E-state index in [0.717, 1.165) is 0 Å². The van der Waals surface area contributed by atoms with Crippen molar-refractivity contribution in [1.82, 2.24) is 0 Å². The van der Waals surface area contributed by atoms with Crippen LogP contribution in [0.25, 0.3) is 0 Å². The fourth-order valence-electron chi connectivity index (χ4n) is 2.54. The largest absolute Gasteiger partial charge is 0.394 e. The maximum atomic E-state index is 9.94. The maximum Gasteiger partial charge on any atom is 0.186 e. The van der Waals surface area contributed by atoms with Crippen LogP contribution in [0.3, 0.4) is 0 Å². The first kappa shape index (κ1) is 17.9. The molecule has 0 amide bonds. The van der Waals surface area contributed by atoms with Gasteiger partial charge in [-0.2, -0.15) is 0 Å². The van der Waals surface area contributed by atoms with Gasteiger partial charge in [-0.05, 0) is 0 Å². The monoisotopic (exact) mass is 326 g/mol. The van der Waals surface area contributed by atoms with Crippen molar-refractivity contribution in [3.63, 3.8) is 0 Å². The maximum absolute atomic E-state index is 9.94. The number of hydrogen-bond acceptors (Lipinski definition) is 10. The molecule has 0 aromatic carbocycles. The van der Waals surface area contributed by atoms with Gasteiger partial charge in [0.15, 0.2) is 12.6 Å². The number of aliphatic hydroxyl groups is 7. The van der Waals surface area contributed by atoms with E-state index >= 15 is 0 Å². The van der Waals surface area contributed by atoms with Crippen LogP contribution in [0.2, 0.25) is 0 Å². The zero-order valence-electron chi connectivity index (χ0n) is 11.7. The molecule has 0 spiro atoms. The summed E-state index contributed by atoms with van der Waals surface area (Å²) in [6.07, 6.45) is -12.3. The number of aliphatic hydroxyl groups excluding tert-OH is 7. The Bertz CT molecular complexity index is 353. The topological polar surface area (TPSA) is 169 Å². The lowest BCUT2D eigenvalue weighted by Crippen LogP contribution is -2.62. The Kier molecular flexibility index (Phi) is 6.07. The highest BCUT2D eigenvalue weighted by Crippen LogP contribution is 2.28. The quantitative estimate of drug-likeness (QED) is 0.268. The summed E-state index contributed by atoms with van der Waals surface area (Å²) < 4.78 is 15.5. The van der Waals surface area contributed by atoms with Crippen LogP contribution in [-0.2, 0) is 14.2 Å². The van der Waals surface area contributed by atoms with E-state index in [4.69, 9.17) is 19.3 Å². The molecule has 2 aliphatic rings. The SMILES string of the molecule is OC[C@@H]1C[C@H](O)[C@@H](O)[C@H](O[C@H]2[C@H](O)C(O)C(O)O[C@@H]2CO)O1. The van der Waals surface area contributed by atoms with E-state index in [1.54, 1.807) is 0 Å². The Morgan fingerprint density at radius 1 is 0.864 bits per heavy atom. The van der Waals surface area contributed by atoms with Crippen LogP contribution in [0.5, 0.6) is 0 Å². The van der Waals surface area contributed by atoms with E-state index < -0.39 is 68.5 Å². The Labute approximate surface area is 126 Å². The van der Waals surface area contributed by atoms with E-state index in [1.807, 2.05) is 0 Å². The third-order valence-corrected chi connectivity index (χ3v) is 3.84. The average Bonchev–Trinajstić information content (AvgIpc) is 2.51. The van der Waals surface area contributed by atoms with E-state index in [0.29, 0.717) is 0 Å². The van der Waals surface area contributed by atoms with Gasteiger partial charge in [0.25, 0.3) is 0 Å². The number of ether oxygens (including phenoxy) is 3. The van der Waals surface area contributed by atoms with Gasteiger partial charge in [0.1, 0.15) is 30.5 Å². The molecule has 130 valence electrons. The normalized spacial score (nSPS) is 50.0. The molecule has 0 saturated carbocycles. The van der Waals surface area contributed by atoms with Crippen LogP contribution in [0, 0.1) is 0 Å². The van der Waals surface area contributed by atoms with Crippen LogP contribution in [-0.4, -0.2) is 104 Å². The molecule has 7 N–H and O–H groups in total. The molecule has 10 nitrogen and oxygen atoms in total. The molecule has 2 saturated heterocycles. The molecule has 2 rings (SSSR count). The van der Waals surface area contributed by atoms with Crippen molar-refractivity contribution >= 4 is 0 Å². The average molecular weight is 326 g/mol. The molecule has 22 heavy (non-hydrogen) atoms. The van der Waals surface area contributed by atoms with Crippen molar-refractivity contribution in [2.24, 2.45) is 0 Å². The zero-order valence-corrected chi connectivity index (χ0v) is 11.7. The summed E-state index contributed by atoms with van der Waals surface area (Å²) in [5.41, 5.74) is 0. The Hall–Kier alpha value is -0.400. The van der Waals surface area contributed by atoms with E-state index in [1.165, 1.54) is 0 Å². The van der Waals surface area contributed by atoms with Crippen molar-refractivity contribution < 1.29 is 50.0 Å². The van der Waals surface area contributed by atoms with Gasteiger partial charge >= 0.3 is 0 Å². The van der Waals surface area contributed by atoms with Gasteiger partial charge in [-0.1, -0.05) is 0 Å². The minimum absolute atomic E-state index is 0.00597. The summed E-state index contributed by atoms with van der Waals surface area (Å²) in [4.78, 5) is 0. The molecule has 2 unspecified atom stereocenters. The summed E-state index contributed by atoms with van der Waals surface area (Å²) >= 11 is 0. The molecule has 10 heteroatoms. The minimum Gasteiger partial charge on any atom is -0.394 e. The molecule has 2 heterocycles. The van der Waals surface area contributed by atoms with Crippen LogP contribution < -0.4 is 0 Å². The minimum atomic E-state index is -1.69. The van der Waals surface area contributed by atoms with Crippen LogP contribution in [0.15, 0.2) is 0 Å². The van der Waals surface area contributed by atoms with Crippen molar-refractivity contribution in [3.05, 3.63) is 0 Å². The fraction of sp³-hybridized carbons (Fsp3) is 1.00. The van der Waals surface area contributed by atoms with Crippen molar-refractivity contribution in [2.45, 2.75) is 61.7 Å². The summed E-state index contributed by atoms with van der Waals surface area (Å²) in [5.74, 6) is 0. The second-order valence-corrected chi connectivity index (χ2v) is 5.43. The first-order chi connectivity index (χ1) is 10.4. The second kappa shape index (κ2) is 7.45. The summed E-state index contributed by atoms with van der Waals surface area (Å²) in [7, 11) is 0. The Morgan fingerprint density at radius 3 is 2.14 bits per heavy atom. The van der Waals surface area contributed by atoms with E-state index in [2.05, 4.69) is 0 Å². The van der Waals surface area contributed by atoms with Gasteiger partial charge in [0.05, 0.1) is 25.4 Å². The molecule has 2 aliphatic heterocycles. The van der Waals surface area contributed by atoms with Crippen LogP contribution >= 0.6 is 0 Å². The lowest BCUT2D eigenvalue weighted by Gasteiger charge is -2.44. The van der Waals surface area contributed by atoms with Gasteiger partial charge < -0.3 is 50.0 Å². The molecular formula is C12H22O10. The molecular weight excluding hydrogens is 304 g/mol. The van der Waals surface area contributed by atoms with Gasteiger partial charge in [-0.25, -0.2) is 0 Å². The van der Waals surface area contributed by atoms with Crippen molar-refractivity contribution in [2.75, 3.05) is 13.2 Å². The molecule has 9 atom stereocenters. The standard InChI is InChI=1S/C12H22O10/c13-2-4-1-5(15)7(16)12(20-4)22-10-6(3-14)21-11(19)9(18)8(10)17/h4-19H,1-3H2/t4-,5-,6+,7+,8+,9?,10+,11?,12-/m0/s1. The predicted molar refractivity (Wildman–Crippen MR) is 67.2 cm³/mol. The fourth-order valence-corrected chi connectivity index (χ4v) is 2.54. The molecule has 2 fully saturated rings. The first-order valence-electron chi connectivity index (χ1n) is 6.97. The van der Waals surface area contributed by atoms with Gasteiger partial charge in [0.2, 0.25) is 0 Å². The van der Waals surface area contributed by atoms with Gasteiger partial charge in [-0.15, -0.1) is 0 Å². The van der Waals surface area contributed by atoms with E-state index in [9.17, 15) is 30.6 Å². The Balaban J connectivity index is 2.08. The first-order valence-corrected chi connectivity index (χ1v) is 6.97. The molecule has 0 aliphatic carbocycles. The molecule has 0 aromatic rings. The van der Waals surface area contributed by atoms with Gasteiger partial charge in [0, 0.05) is 6.42 Å². The van der Waals surface area contributed by atoms with E-state index in [-0.39, 0.29) is 6.42 Å². The second-order valence-electron chi connectivity index (χ2n) is 5.43. The predicted octanol–water partition coefficient (Wildman–Crippen LogP) is -4.37.